The van der Waals surface area contributed by atoms with Crippen molar-refractivity contribution >= 4 is 39.1 Å². The highest BCUT2D eigenvalue weighted by Crippen LogP contribution is 2.34. The van der Waals surface area contributed by atoms with E-state index in [1.807, 2.05) is 0 Å². The first-order valence-electron chi connectivity index (χ1n) is 4.28. The summed E-state index contributed by atoms with van der Waals surface area (Å²) in [6, 6.07) is 4.95. The van der Waals surface area contributed by atoms with E-state index in [4.69, 9.17) is 21.6 Å². The molecule has 0 aliphatic heterocycles. The Labute approximate surface area is 106 Å². The minimum atomic E-state index is -0.409. The Bertz CT molecular complexity index is 457. The van der Waals surface area contributed by atoms with Crippen LogP contribution in [0.3, 0.4) is 0 Å². The lowest BCUT2D eigenvalue weighted by molar-refractivity contribution is -0.115. The van der Waals surface area contributed by atoms with Crippen LogP contribution in [0.25, 0.3) is 0 Å². The van der Waals surface area contributed by atoms with E-state index in [-0.39, 0.29) is 6.42 Å². The molecule has 0 spiro atoms. The Morgan fingerprint density at radius 2 is 2.38 bits per heavy atom. The Kier molecular flexibility index (Phi) is 4.59. The highest BCUT2D eigenvalue weighted by molar-refractivity contribution is 9.10. The largest absolute Gasteiger partial charge is 0.495 e. The topological polar surface area (TPSA) is 62.1 Å². The molecule has 0 fully saturated rings. The van der Waals surface area contributed by atoms with Gasteiger partial charge < -0.3 is 10.1 Å². The molecule has 0 heterocycles. The van der Waals surface area contributed by atoms with Crippen LogP contribution < -0.4 is 10.1 Å². The minimum absolute atomic E-state index is 0.214. The molecule has 84 valence electrons. The van der Waals surface area contributed by atoms with Gasteiger partial charge in [-0.05, 0) is 22.0 Å². The Morgan fingerprint density at radius 3 is 2.94 bits per heavy atom. The molecule has 16 heavy (non-hydrogen) atoms. The third-order valence-electron chi connectivity index (χ3n) is 1.76. The van der Waals surface area contributed by atoms with Gasteiger partial charge in [0.05, 0.1) is 28.4 Å². The zero-order chi connectivity index (χ0) is 12.1. The zero-order valence-corrected chi connectivity index (χ0v) is 10.7. The number of methoxy groups -OCH3 is 1. The Morgan fingerprint density at radius 1 is 1.69 bits per heavy atom. The molecule has 0 saturated carbocycles. The maximum Gasteiger partial charge on any atom is 0.238 e. The van der Waals surface area contributed by atoms with Gasteiger partial charge in [-0.15, -0.1) is 0 Å². The molecular weight excluding hydrogens is 295 g/mol. The third-order valence-corrected chi connectivity index (χ3v) is 2.69. The van der Waals surface area contributed by atoms with Crippen LogP contribution in [-0.2, 0) is 4.79 Å². The number of hydrogen-bond donors (Lipinski definition) is 1. The number of nitrogens with zero attached hydrogens (tertiary/aromatic N) is 1. The van der Waals surface area contributed by atoms with E-state index in [1.54, 1.807) is 18.2 Å². The maximum atomic E-state index is 11.2. The zero-order valence-electron chi connectivity index (χ0n) is 8.38. The van der Waals surface area contributed by atoms with Crippen molar-refractivity contribution in [3.05, 3.63) is 21.6 Å². The van der Waals surface area contributed by atoms with Crippen molar-refractivity contribution in [3.63, 3.8) is 0 Å². The van der Waals surface area contributed by atoms with Crippen LogP contribution in [0.5, 0.6) is 5.75 Å². The number of carbonyl (C=O) groups excluding carboxylic acids is 1. The fourth-order valence-corrected chi connectivity index (χ4v) is 1.90. The lowest BCUT2D eigenvalue weighted by Crippen LogP contribution is -2.10. The third kappa shape index (κ3) is 3.12. The minimum Gasteiger partial charge on any atom is -0.495 e. The summed E-state index contributed by atoms with van der Waals surface area (Å²) in [5.74, 6) is 0.144. The quantitative estimate of drug-likeness (QED) is 0.934. The predicted molar refractivity (Wildman–Crippen MR) is 64.6 cm³/mol. The number of anilines is 1. The molecule has 1 aromatic carbocycles. The van der Waals surface area contributed by atoms with Crippen LogP contribution in [0.15, 0.2) is 16.6 Å². The molecule has 0 bridgehead atoms. The van der Waals surface area contributed by atoms with Crippen LogP contribution in [0.1, 0.15) is 6.42 Å². The highest BCUT2D eigenvalue weighted by Gasteiger charge is 2.09. The second-order valence-corrected chi connectivity index (χ2v) is 4.11. The van der Waals surface area contributed by atoms with E-state index >= 15 is 0 Å². The normalized spacial score (nSPS) is 9.38. The molecule has 0 unspecified atom stereocenters. The lowest BCUT2D eigenvalue weighted by Gasteiger charge is -2.09. The van der Waals surface area contributed by atoms with Gasteiger partial charge in [0.1, 0.15) is 12.2 Å². The Balaban J connectivity index is 2.96. The molecule has 1 N–H and O–H groups in total. The van der Waals surface area contributed by atoms with Gasteiger partial charge in [0.2, 0.25) is 5.91 Å². The van der Waals surface area contributed by atoms with Crippen LogP contribution in [0, 0.1) is 11.3 Å². The summed E-state index contributed by atoms with van der Waals surface area (Å²) in [5, 5.41) is 11.2. The SMILES string of the molecule is COc1cc(NC(=O)CC#N)c(Cl)cc1Br. The molecule has 0 aliphatic rings. The van der Waals surface area contributed by atoms with Crippen LogP contribution in [0.2, 0.25) is 5.02 Å². The van der Waals surface area contributed by atoms with E-state index in [9.17, 15) is 4.79 Å². The molecule has 0 saturated heterocycles. The maximum absolute atomic E-state index is 11.2. The summed E-state index contributed by atoms with van der Waals surface area (Å²) in [7, 11) is 1.51. The number of benzene rings is 1. The molecule has 0 aliphatic carbocycles. The fraction of sp³-hybridized carbons (Fsp3) is 0.200. The number of ether oxygens (including phenoxy) is 1. The number of carbonyl (C=O) groups is 1. The summed E-state index contributed by atoms with van der Waals surface area (Å²) in [6.07, 6.45) is -0.214. The van der Waals surface area contributed by atoms with Crippen molar-refractivity contribution in [2.75, 3.05) is 12.4 Å². The van der Waals surface area contributed by atoms with Crippen molar-refractivity contribution in [3.8, 4) is 11.8 Å². The fourth-order valence-electron chi connectivity index (χ4n) is 1.05. The number of amides is 1. The molecule has 1 aromatic rings. The second-order valence-electron chi connectivity index (χ2n) is 2.85. The first-order valence-corrected chi connectivity index (χ1v) is 5.45. The van der Waals surface area contributed by atoms with Crippen molar-refractivity contribution in [1.29, 1.82) is 5.26 Å². The van der Waals surface area contributed by atoms with E-state index in [0.717, 1.165) is 0 Å². The van der Waals surface area contributed by atoms with E-state index in [0.29, 0.717) is 20.9 Å². The van der Waals surface area contributed by atoms with Crippen molar-refractivity contribution < 1.29 is 9.53 Å². The predicted octanol–water partition coefficient (Wildman–Crippen LogP) is 2.96. The summed E-state index contributed by atoms with van der Waals surface area (Å²) >= 11 is 9.18. The molecule has 6 heteroatoms. The number of nitrogens with one attached hydrogen (secondary N) is 1. The smallest absolute Gasteiger partial charge is 0.238 e. The van der Waals surface area contributed by atoms with Gasteiger partial charge in [0, 0.05) is 6.07 Å². The van der Waals surface area contributed by atoms with Crippen LogP contribution in [-0.4, -0.2) is 13.0 Å². The van der Waals surface area contributed by atoms with Gasteiger partial charge in [-0.1, -0.05) is 11.6 Å². The van der Waals surface area contributed by atoms with Crippen molar-refractivity contribution in [2.24, 2.45) is 0 Å². The van der Waals surface area contributed by atoms with Crippen LogP contribution in [0.4, 0.5) is 5.69 Å². The van der Waals surface area contributed by atoms with Gasteiger partial charge in [-0.25, -0.2) is 0 Å². The highest BCUT2D eigenvalue weighted by atomic mass is 79.9. The standard InChI is InChI=1S/C10H8BrClN2O2/c1-16-9-5-8(7(12)4-6(9)11)14-10(15)2-3-13/h4-5H,2H2,1H3,(H,14,15). The van der Waals surface area contributed by atoms with Gasteiger partial charge in [-0.2, -0.15) is 5.26 Å². The van der Waals surface area contributed by atoms with Gasteiger partial charge >= 0.3 is 0 Å². The average Bonchev–Trinajstić information content (AvgIpc) is 2.22. The van der Waals surface area contributed by atoms with Gasteiger partial charge in [0.25, 0.3) is 0 Å². The molecule has 0 atom stereocenters. The summed E-state index contributed by atoms with van der Waals surface area (Å²) in [4.78, 5) is 11.2. The monoisotopic (exact) mass is 302 g/mol. The number of halogens is 2. The second kappa shape index (κ2) is 5.73. The number of hydrogen-bond acceptors (Lipinski definition) is 3. The molecule has 4 nitrogen and oxygen atoms in total. The number of nitriles is 1. The average molecular weight is 304 g/mol. The van der Waals surface area contributed by atoms with E-state index in [1.165, 1.54) is 7.11 Å². The van der Waals surface area contributed by atoms with E-state index in [2.05, 4.69) is 21.2 Å². The summed E-state index contributed by atoms with van der Waals surface area (Å²) in [5.41, 5.74) is 0.418. The van der Waals surface area contributed by atoms with Crippen LogP contribution >= 0.6 is 27.5 Å². The summed E-state index contributed by atoms with van der Waals surface area (Å²) in [6.45, 7) is 0. The number of rotatable bonds is 3. The van der Waals surface area contributed by atoms with Crippen molar-refractivity contribution in [2.45, 2.75) is 6.42 Å². The van der Waals surface area contributed by atoms with E-state index < -0.39 is 5.91 Å². The van der Waals surface area contributed by atoms with Gasteiger partial charge in [-0.3, -0.25) is 4.79 Å². The molecule has 0 aromatic heterocycles. The molecule has 1 rings (SSSR count). The molecular formula is C10H8BrClN2O2. The van der Waals surface area contributed by atoms with Gasteiger partial charge in [0.15, 0.2) is 0 Å². The van der Waals surface area contributed by atoms with Crippen molar-refractivity contribution in [1.82, 2.24) is 0 Å². The molecule has 0 radical (unpaired) electrons. The molecule has 1 amide bonds. The first kappa shape index (κ1) is 12.8. The first-order chi connectivity index (χ1) is 7.58. The summed E-state index contributed by atoms with van der Waals surface area (Å²) < 4.78 is 5.75. The Hall–Kier alpha value is -1.25. The lowest BCUT2D eigenvalue weighted by atomic mass is 10.3.